The summed E-state index contributed by atoms with van der Waals surface area (Å²) < 4.78 is 37.1. The average molecular weight is 363 g/mol. The van der Waals surface area contributed by atoms with Crippen molar-refractivity contribution < 1.29 is 22.8 Å². The molecule has 0 aliphatic carbocycles. The van der Waals surface area contributed by atoms with Gasteiger partial charge in [0.1, 0.15) is 0 Å². The lowest BCUT2D eigenvalue weighted by Crippen LogP contribution is -2.38. The molecular formula is C15H20F3N3O2S. The molecule has 0 spiro atoms. The zero-order valence-corrected chi connectivity index (χ0v) is 14.2. The van der Waals surface area contributed by atoms with Crippen LogP contribution in [-0.2, 0) is 16.1 Å². The van der Waals surface area contributed by atoms with Crippen LogP contribution in [0.3, 0.4) is 0 Å². The second kappa shape index (κ2) is 8.93. The summed E-state index contributed by atoms with van der Waals surface area (Å²) >= 11 is 1.58. The van der Waals surface area contributed by atoms with Gasteiger partial charge in [-0.05, 0) is 36.1 Å². The number of rotatable bonds is 7. The Labute approximate surface area is 142 Å². The lowest BCUT2D eigenvalue weighted by molar-refractivity contribution is -0.184. The van der Waals surface area contributed by atoms with Gasteiger partial charge in [-0.2, -0.15) is 24.9 Å². The van der Waals surface area contributed by atoms with Gasteiger partial charge in [-0.25, -0.2) is 0 Å². The van der Waals surface area contributed by atoms with Crippen molar-refractivity contribution in [1.82, 2.24) is 4.90 Å². The van der Waals surface area contributed by atoms with Gasteiger partial charge < -0.3 is 16.0 Å². The SMILES string of the molecule is CSCC[C@H](N)C(=O)Nc1cccc(CN(C)C(=O)C(F)(F)F)c1. The van der Waals surface area contributed by atoms with Crippen LogP contribution in [0.1, 0.15) is 12.0 Å². The first-order valence-electron chi connectivity index (χ1n) is 7.11. The van der Waals surface area contributed by atoms with Crippen LogP contribution in [0, 0.1) is 0 Å². The number of nitrogens with two attached hydrogens (primary N) is 1. The van der Waals surface area contributed by atoms with E-state index in [1.165, 1.54) is 6.07 Å². The van der Waals surface area contributed by atoms with Crippen LogP contribution in [-0.4, -0.2) is 48.0 Å². The maximum absolute atomic E-state index is 12.4. The molecule has 0 heterocycles. The summed E-state index contributed by atoms with van der Waals surface area (Å²) in [6, 6.07) is 5.62. The molecule has 0 radical (unpaired) electrons. The first kappa shape index (κ1) is 20.3. The van der Waals surface area contributed by atoms with E-state index in [9.17, 15) is 22.8 Å². The number of benzene rings is 1. The van der Waals surface area contributed by atoms with Crippen molar-refractivity contribution in [2.45, 2.75) is 25.2 Å². The Hall–Kier alpha value is -1.74. The van der Waals surface area contributed by atoms with Gasteiger partial charge in [0.05, 0.1) is 6.04 Å². The van der Waals surface area contributed by atoms with Gasteiger partial charge in [-0.1, -0.05) is 12.1 Å². The minimum absolute atomic E-state index is 0.222. The molecule has 0 aliphatic rings. The predicted molar refractivity (Wildman–Crippen MR) is 88.6 cm³/mol. The summed E-state index contributed by atoms with van der Waals surface area (Å²) in [5.74, 6) is -1.53. The number of carbonyl (C=O) groups excluding carboxylic acids is 2. The van der Waals surface area contributed by atoms with Gasteiger partial charge in [0.15, 0.2) is 0 Å². The van der Waals surface area contributed by atoms with Gasteiger partial charge in [0.2, 0.25) is 5.91 Å². The molecule has 1 atom stereocenters. The number of hydrogen-bond donors (Lipinski definition) is 2. The van der Waals surface area contributed by atoms with Crippen molar-refractivity contribution in [3.05, 3.63) is 29.8 Å². The zero-order chi connectivity index (χ0) is 18.3. The highest BCUT2D eigenvalue weighted by Crippen LogP contribution is 2.20. The highest BCUT2D eigenvalue weighted by molar-refractivity contribution is 7.98. The Bertz CT molecular complexity index is 581. The number of nitrogens with one attached hydrogen (secondary N) is 1. The first-order chi connectivity index (χ1) is 11.1. The highest BCUT2D eigenvalue weighted by atomic mass is 32.2. The number of halogens is 3. The fourth-order valence-corrected chi connectivity index (χ4v) is 2.41. The number of carbonyl (C=O) groups is 2. The van der Waals surface area contributed by atoms with Crippen LogP contribution in [0.15, 0.2) is 24.3 Å². The standard InChI is InChI=1S/C15H20F3N3O2S/c1-21(14(23)15(16,17)18)9-10-4-3-5-11(8-10)20-13(22)12(19)6-7-24-2/h3-5,8,12H,6-7,9,19H2,1-2H3,(H,20,22)/t12-/m0/s1. The normalized spacial score (nSPS) is 12.6. The van der Waals surface area contributed by atoms with Gasteiger partial charge in [-0.3, -0.25) is 9.59 Å². The molecule has 9 heteroatoms. The Kier molecular flexibility index (Phi) is 7.56. The second-order valence-electron chi connectivity index (χ2n) is 5.24. The van der Waals surface area contributed by atoms with Crippen LogP contribution >= 0.6 is 11.8 Å². The van der Waals surface area contributed by atoms with E-state index in [0.29, 0.717) is 22.6 Å². The minimum atomic E-state index is -4.91. The summed E-state index contributed by atoms with van der Waals surface area (Å²) in [4.78, 5) is 23.6. The van der Waals surface area contributed by atoms with Crippen LogP contribution < -0.4 is 11.1 Å². The smallest absolute Gasteiger partial charge is 0.334 e. The Morgan fingerprint density at radius 3 is 2.62 bits per heavy atom. The number of nitrogens with zero attached hydrogens (tertiary/aromatic N) is 1. The number of hydrogen-bond acceptors (Lipinski definition) is 4. The largest absolute Gasteiger partial charge is 0.471 e. The van der Waals surface area contributed by atoms with Gasteiger partial charge >= 0.3 is 12.1 Å². The molecule has 0 unspecified atom stereocenters. The zero-order valence-electron chi connectivity index (χ0n) is 13.4. The van der Waals surface area contributed by atoms with Crippen molar-refractivity contribution in [1.29, 1.82) is 0 Å². The second-order valence-corrected chi connectivity index (χ2v) is 6.22. The summed E-state index contributed by atoms with van der Waals surface area (Å²) in [7, 11) is 1.07. The lowest BCUT2D eigenvalue weighted by Gasteiger charge is -2.19. The summed E-state index contributed by atoms with van der Waals surface area (Å²) in [5, 5.41) is 2.62. The van der Waals surface area contributed by atoms with Gasteiger partial charge in [0, 0.05) is 19.3 Å². The molecule has 1 aromatic carbocycles. The highest BCUT2D eigenvalue weighted by Gasteiger charge is 2.41. The van der Waals surface area contributed by atoms with E-state index in [1.54, 1.807) is 30.0 Å². The fraction of sp³-hybridized carbons (Fsp3) is 0.467. The fourth-order valence-electron chi connectivity index (χ4n) is 1.92. The lowest BCUT2D eigenvalue weighted by atomic mass is 10.1. The summed E-state index contributed by atoms with van der Waals surface area (Å²) in [6.07, 6.45) is -2.48. The molecule has 0 aliphatic heterocycles. The van der Waals surface area contributed by atoms with Crippen LogP contribution in [0.5, 0.6) is 0 Å². The molecule has 5 nitrogen and oxygen atoms in total. The first-order valence-corrected chi connectivity index (χ1v) is 8.51. The van der Waals surface area contributed by atoms with Gasteiger partial charge in [-0.15, -0.1) is 0 Å². The Morgan fingerprint density at radius 2 is 2.04 bits per heavy atom. The number of alkyl halides is 3. The number of thioether (sulfide) groups is 1. The van der Waals surface area contributed by atoms with E-state index in [0.717, 1.165) is 12.8 Å². The van der Waals surface area contributed by atoms with E-state index in [2.05, 4.69) is 5.32 Å². The third-order valence-corrected chi connectivity index (χ3v) is 3.82. The van der Waals surface area contributed by atoms with Crippen molar-refractivity contribution in [3.63, 3.8) is 0 Å². The van der Waals surface area contributed by atoms with Crippen LogP contribution in [0.25, 0.3) is 0 Å². The molecular weight excluding hydrogens is 343 g/mol. The molecule has 1 rings (SSSR count). The minimum Gasteiger partial charge on any atom is -0.334 e. The van der Waals surface area contributed by atoms with Crippen LogP contribution in [0.4, 0.5) is 18.9 Å². The van der Waals surface area contributed by atoms with Crippen molar-refractivity contribution in [2.75, 3.05) is 24.4 Å². The maximum atomic E-state index is 12.4. The molecule has 0 fully saturated rings. The molecule has 24 heavy (non-hydrogen) atoms. The monoisotopic (exact) mass is 363 g/mol. The van der Waals surface area contributed by atoms with Crippen LogP contribution in [0.2, 0.25) is 0 Å². The molecule has 2 amide bonds. The molecule has 0 saturated carbocycles. The van der Waals surface area contributed by atoms with Gasteiger partial charge in [0.25, 0.3) is 0 Å². The molecule has 0 saturated heterocycles. The average Bonchev–Trinajstić information content (AvgIpc) is 2.51. The van der Waals surface area contributed by atoms with Crippen molar-refractivity contribution in [2.24, 2.45) is 5.73 Å². The number of amides is 2. The third-order valence-electron chi connectivity index (χ3n) is 3.17. The predicted octanol–water partition coefficient (Wildman–Crippen LogP) is 2.23. The van der Waals surface area contributed by atoms with E-state index >= 15 is 0 Å². The van der Waals surface area contributed by atoms with E-state index in [1.807, 2.05) is 6.26 Å². The van der Waals surface area contributed by atoms with E-state index in [4.69, 9.17) is 5.73 Å². The third kappa shape index (κ3) is 6.40. The molecule has 0 aromatic heterocycles. The quantitative estimate of drug-likeness (QED) is 0.779. The van der Waals surface area contributed by atoms with Crippen molar-refractivity contribution >= 4 is 29.3 Å². The Morgan fingerprint density at radius 1 is 1.38 bits per heavy atom. The molecule has 1 aromatic rings. The van der Waals surface area contributed by atoms with Crippen molar-refractivity contribution in [3.8, 4) is 0 Å². The van der Waals surface area contributed by atoms with E-state index in [-0.39, 0.29) is 12.5 Å². The molecule has 134 valence electrons. The topological polar surface area (TPSA) is 75.4 Å². The maximum Gasteiger partial charge on any atom is 0.471 e. The molecule has 0 bridgehead atoms. The summed E-state index contributed by atoms with van der Waals surface area (Å²) in [5.41, 5.74) is 6.64. The van der Waals surface area contributed by atoms with E-state index < -0.39 is 18.1 Å². The Balaban J connectivity index is 2.70. The summed E-state index contributed by atoms with van der Waals surface area (Å²) in [6.45, 7) is -0.222. The number of anilines is 1. The molecule has 3 N–H and O–H groups in total.